The quantitative estimate of drug-likeness (QED) is 0.719. The molecule has 122 valence electrons. The summed E-state index contributed by atoms with van der Waals surface area (Å²) in [4.78, 5) is 16.0. The standard InChI is InChI=1S/C16H15N5O2S/c22-15(18-10-8-12-4-1-2-9-17-12)19-16-21-20-14(24-16)7-6-13-5-3-11-23-13/h1-7,9,11H,8,10H2,(H2,18,19,21,22)/b7-6+. The summed E-state index contributed by atoms with van der Waals surface area (Å²) in [5, 5.41) is 14.4. The van der Waals surface area contributed by atoms with Crippen molar-refractivity contribution in [2.75, 3.05) is 11.9 Å². The van der Waals surface area contributed by atoms with E-state index in [4.69, 9.17) is 4.42 Å². The predicted octanol–water partition coefficient (Wildman–Crippen LogP) is 3.06. The summed E-state index contributed by atoms with van der Waals surface area (Å²) in [6, 6.07) is 9.03. The second kappa shape index (κ2) is 8.02. The molecule has 0 atom stereocenters. The fraction of sp³-hybridized carbons (Fsp3) is 0.125. The van der Waals surface area contributed by atoms with E-state index in [1.807, 2.05) is 30.3 Å². The SMILES string of the molecule is O=C(NCCc1ccccn1)Nc1nnc(/C=C/c2ccco2)s1. The molecule has 0 saturated heterocycles. The van der Waals surface area contributed by atoms with Crippen LogP contribution in [0.3, 0.4) is 0 Å². The maximum absolute atomic E-state index is 11.8. The first-order chi connectivity index (χ1) is 11.8. The highest BCUT2D eigenvalue weighted by atomic mass is 32.1. The number of hydrogen-bond donors (Lipinski definition) is 2. The van der Waals surface area contributed by atoms with Gasteiger partial charge in [0, 0.05) is 24.9 Å². The van der Waals surface area contributed by atoms with Crippen LogP contribution < -0.4 is 10.6 Å². The van der Waals surface area contributed by atoms with Crippen LogP contribution in [-0.4, -0.2) is 27.8 Å². The highest BCUT2D eigenvalue weighted by Crippen LogP contribution is 2.17. The van der Waals surface area contributed by atoms with Crippen LogP contribution in [0.2, 0.25) is 0 Å². The molecule has 0 saturated carbocycles. The largest absolute Gasteiger partial charge is 0.465 e. The van der Waals surface area contributed by atoms with Crippen LogP contribution in [0.25, 0.3) is 12.2 Å². The number of pyridine rings is 1. The number of nitrogens with one attached hydrogen (secondary N) is 2. The number of aromatic nitrogens is 3. The Labute approximate surface area is 142 Å². The molecule has 0 aliphatic carbocycles. The third-order valence-electron chi connectivity index (χ3n) is 2.99. The molecule has 24 heavy (non-hydrogen) atoms. The Bertz CT molecular complexity index is 799. The topological polar surface area (TPSA) is 92.9 Å². The minimum absolute atomic E-state index is 0.316. The zero-order chi connectivity index (χ0) is 16.6. The lowest BCUT2D eigenvalue weighted by Gasteiger charge is -2.04. The second-order valence-electron chi connectivity index (χ2n) is 4.75. The number of carbonyl (C=O) groups is 1. The number of anilines is 1. The molecular weight excluding hydrogens is 326 g/mol. The van der Waals surface area contributed by atoms with E-state index in [0.717, 1.165) is 11.5 Å². The van der Waals surface area contributed by atoms with Gasteiger partial charge in [0.15, 0.2) is 0 Å². The zero-order valence-electron chi connectivity index (χ0n) is 12.7. The number of furan rings is 1. The molecule has 0 bridgehead atoms. The van der Waals surface area contributed by atoms with E-state index in [0.29, 0.717) is 23.1 Å². The first kappa shape index (κ1) is 15.9. The summed E-state index contributed by atoms with van der Waals surface area (Å²) in [5.74, 6) is 0.729. The van der Waals surface area contributed by atoms with Gasteiger partial charge in [-0.25, -0.2) is 4.79 Å². The van der Waals surface area contributed by atoms with Crippen molar-refractivity contribution in [3.63, 3.8) is 0 Å². The Morgan fingerprint density at radius 2 is 2.17 bits per heavy atom. The van der Waals surface area contributed by atoms with Gasteiger partial charge in [0.2, 0.25) is 5.13 Å². The maximum Gasteiger partial charge on any atom is 0.321 e. The summed E-state index contributed by atoms with van der Waals surface area (Å²) in [6.07, 6.45) is 7.57. The van der Waals surface area contributed by atoms with Gasteiger partial charge in [0.25, 0.3) is 0 Å². The molecule has 0 spiro atoms. The van der Waals surface area contributed by atoms with E-state index in [1.54, 1.807) is 24.6 Å². The molecule has 2 N–H and O–H groups in total. The van der Waals surface area contributed by atoms with Crippen molar-refractivity contribution >= 4 is 34.7 Å². The molecule has 3 heterocycles. The maximum atomic E-state index is 11.8. The highest BCUT2D eigenvalue weighted by molar-refractivity contribution is 7.16. The molecule has 0 aromatic carbocycles. The molecule has 7 nitrogen and oxygen atoms in total. The minimum atomic E-state index is -0.316. The van der Waals surface area contributed by atoms with E-state index < -0.39 is 0 Å². The number of urea groups is 1. The van der Waals surface area contributed by atoms with Gasteiger partial charge in [-0.05, 0) is 36.4 Å². The molecule has 0 radical (unpaired) electrons. The fourth-order valence-electron chi connectivity index (χ4n) is 1.88. The normalized spacial score (nSPS) is 10.8. The van der Waals surface area contributed by atoms with E-state index >= 15 is 0 Å². The second-order valence-corrected chi connectivity index (χ2v) is 5.76. The molecule has 3 aromatic heterocycles. The lowest BCUT2D eigenvalue weighted by atomic mass is 10.3. The van der Waals surface area contributed by atoms with Crippen LogP contribution in [0, 0.1) is 0 Å². The third kappa shape index (κ3) is 4.75. The Morgan fingerprint density at radius 1 is 1.21 bits per heavy atom. The summed E-state index contributed by atoms with van der Waals surface area (Å²) in [7, 11) is 0. The average Bonchev–Trinajstić information content (AvgIpc) is 3.25. The Kier molecular flexibility index (Phi) is 5.31. The van der Waals surface area contributed by atoms with Crippen LogP contribution in [-0.2, 0) is 6.42 Å². The van der Waals surface area contributed by atoms with Gasteiger partial charge in [0.05, 0.1) is 6.26 Å². The van der Waals surface area contributed by atoms with Gasteiger partial charge in [-0.15, -0.1) is 10.2 Å². The van der Waals surface area contributed by atoms with Crippen LogP contribution >= 0.6 is 11.3 Å². The van der Waals surface area contributed by atoms with Crippen molar-refractivity contribution in [1.29, 1.82) is 0 Å². The van der Waals surface area contributed by atoms with E-state index in [2.05, 4.69) is 25.8 Å². The molecule has 0 aliphatic heterocycles. The van der Waals surface area contributed by atoms with E-state index in [1.165, 1.54) is 11.3 Å². The molecular formula is C16H15N5O2S. The van der Waals surface area contributed by atoms with Crippen molar-refractivity contribution in [3.05, 3.63) is 59.3 Å². The van der Waals surface area contributed by atoms with Gasteiger partial charge < -0.3 is 9.73 Å². The number of amides is 2. The Morgan fingerprint density at radius 3 is 2.96 bits per heavy atom. The average molecular weight is 341 g/mol. The van der Waals surface area contributed by atoms with Gasteiger partial charge >= 0.3 is 6.03 Å². The van der Waals surface area contributed by atoms with Gasteiger partial charge in [-0.2, -0.15) is 0 Å². The minimum Gasteiger partial charge on any atom is -0.465 e. The molecule has 0 unspecified atom stereocenters. The first-order valence-corrected chi connectivity index (χ1v) is 8.11. The predicted molar refractivity (Wildman–Crippen MR) is 92.5 cm³/mol. The van der Waals surface area contributed by atoms with Gasteiger partial charge in [-0.1, -0.05) is 17.4 Å². The lowest BCUT2D eigenvalue weighted by molar-refractivity contribution is 0.252. The highest BCUT2D eigenvalue weighted by Gasteiger charge is 2.06. The molecule has 3 aromatic rings. The monoisotopic (exact) mass is 341 g/mol. The Hall–Kier alpha value is -3.00. The smallest absolute Gasteiger partial charge is 0.321 e. The van der Waals surface area contributed by atoms with Crippen LogP contribution in [0.4, 0.5) is 9.93 Å². The van der Waals surface area contributed by atoms with E-state index in [9.17, 15) is 4.79 Å². The molecule has 0 aliphatic rings. The molecule has 0 fully saturated rings. The third-order valence-corrected chi connectivity index (χ3v) is 3.79. The summed E-state index contributed by atoms with van der Waals surface area (Å²) in [6.45, 7) is 0.493. The van der Waals surface area contributed by atoms with Gasteiger partial charge in [-0.3, -0.25) is 10.3 Å². The molecule has 2 amide bonds. The number of rotatable bonds is 6. The van der Waals surface area contributed by atoms with Crippen LogP contribution in [0.15, 0.2) is 47.2 Å². The Balaban J connectivity index is 1.45. The summed E-state index contributed by atoms with van der Waals surface area (Å²) in [5.41, 5.74) is 0.930. The van der Waals surface area contributed by atoms with Crippen molar-refractivity contribution in [1.82, 2.24) is 20.5 Å². The number of carbonyl (C=O) groups excluding carboxylic acids is 1. The number of nitrogens with zero attached hydrogens (tertiary/aromatic N) is 3. The van der Waals surface area contributed by atoms with Crippen molar-refractivity contribution in [2.24, 2.45) is 0 Å². The van der Waals surface area contributed by atoms with Crippen molar-refractivity contribution in [3.8, 4) is 0 Å². The van der Waals surface area contributed by atoms with Crippen molar-refractivity contribution < 1.29 is 9.21 Å². The summed E-state index contributed by atoms with van der Waals surface area (Å²) >= 11 is 1.28. The number of hydrogen-bond acceptors (Lipinski definition) is 6. The zero-order valence-corrected chi connectivity index (χ0v) is 13.5. The van der Waals surface area contributed by atoms with Crippen LogP contribution in [0.5, 0.6) is 0 Å². The molecule has 3 rings (SSSR count). The lowest BCUT2D eigenvalue weighted by Crippen LogP contribution is -2.30. The van der Waals surface area contributed by atoms with E-state index in [-0.39, 0.29) is 6.03 Å². The van der Waals surface area contributed by atoms with Crippen LogP contribution in [0.1, 0.15) is 16.5 Å². The van der Waals surface area contributed by atoms with Gasteiger partial charge in [0.1, 0.15) is 10.8 Å². The van der Waals surface area contributed by atoms with Crippen molar-refractivity contribution in [2.45, 2.75) is 6.42 Å². The summed E-state index contributed by atoms with van der Waals surface area (Å²) < 4.78 is 5.19. The fourth-order valence-corrected chi connectivity index (χ4v) is 2.52. The first-order valence-electron chi connectivity index (χ1n) is 7.29. The molecule has 8 heteroatoms.